The maximum Gasteiger partial charge on any atom is 0.228 e. The minimum atomic E-state index is 0.0504. The quantitative estimate of drug-likeness (QED) is 0.862. The van der Waals surface area contributed by atoms with Crippen LogP contribution in [0.5, 0.6) is 0 Å². The van der Waals surface area contributed by atoms with Gasteiger partial charge in [0.15, 0.2) is 0 Å². The smallest absolute Gasteiger partial charge is 0.228 e. The zero-order chi connectivity index (χ0) is 14.7. The highest BCUT2D eigenvalue weighted by atomic mass is 32.2. The van der Waals surface area contributed by atoms with E-state index < -0.39 is 0 Å². The van der Waals surface area contributed by atoms with Crippen molar-refractivity contribution in [3.8, 4) is 0 Å². The average Bonchev–Trinajstić information content (AvgIpc) is 2.95. The van der Waals surface area contributed by atoms with E-state index in [0.717, 1.165) is 22.6 Å². The summed E-state index contributed by atoms with van der Waals surface area (Å²) in [5.41, 5.74) is 4.88. The van der Waals surface area contributed by atoms with Crippen LogP contribution in [0.1, 0.15) is 23.1 Å². The molecule has 0 heterocycles. The van der Waals surface area contributed by atoms with E-state index in [-0.39, 0.29) is 5.91 Å². The zero-order valence-electron chi connectivity index (χ0n) is 12.2. The van der Waals surface area contributed by atoms with Crippen LogP contribution in [-0.2, 0) is 24.1 Å². The number of hydrogen-bond acceptors (Lipinski definition) is 2. The number of benzene rings is 2. The molecule has 0 bridgehead atoms. The predicted octanol–water partition coefficient (Wildman–Crippen LogP) is 4.08. The average molecular weight is 297 g/mol. The molecule has 3 rings (SSSR count). The third-order valence-corrected chi connectivity index (χ3v) is 4.70. The molecule has 3 heteroatoms. The van der Waals surface area contributed by atoms with Gasteiger partial charge in [0.1, 0.15) is 0 Å². The van der Waals surface area contributed by atoms with Crippen molar-refractivity contribution in [1.29, 1.82) is 0 Å². The number of para-hydroxylation sites is 1. The summed E-state index contributed by atoms with van der Waals surface area (Å²) in [7, 11) is 0. The van der Waals surface area contributed by atoms with E-state index in [9.17, 15) is 4.79 Å². The number of nitrogens with one attached hydrogen (secondary N) is 1. The zero-order valence-corrected chi connectivity index (χ0v) is 13.0. The van der Waals surface area contributed by atoms with Crippen LogP contribution >= 0.6 is 11.8 Å². The number of aryl methyl sites for hydroxylation is 2. The number of thioether (sulfide) groups is 1. The van der Waals surface area contributed by atoms with Gasteiger partial charge in [0, 0.05) is 4.90 Å². The molecular formula is C18H19NOS. The fourth-order valence-electron chi connectivity index (χ4n) is 2.86. The number of hydrogen-bond donors (Lipinski definition) is 1. The largest absolute Gasteiger partial charge is 0.325 e. The number of carbonyl (C=O) groups excluding carboxylic acids is 1. The summed E-state index contributed by atoms with van der Waals surface area (Å²) in [5, 5.41) is 3.02. The topological polar surface area (TPSA) is 29.1 Å². The molecule has 108 valence electrons. The van der Waals surface area contributed by atoms with Crippen LogP contribution in [0, 0.1) is 0 Å². The van der Waals surface area contributed by atoms with Crippen molar-refractivity contribution < 1.29 is 4.79 Å². The second kappa shape index (κ2) is 6.35. The molecule has 0 saturated heterocycles. The second-order valence-corrected chi connectivity index (χ2v) is 6.23. The van der Waals surface area contributed by atoms with Gasteiger partial charge < -0.3 is 5.32 Å². The molecule has 1 aliphatic carbocycles. The van der Waals surface area contributed by atoms with E-state index >= 15 is 0 Å². The van der Waals surface area contributed by atoms with E-state index in [1.165, 1.54) is 24.0 Å². The van der Waals surface area contributed by atoms with Gasteiger partial charge in [0.25, 0.3) is 0 Å². The lowest BCUT2D eigenvalue weighted by molar-refractivity contribution is -0.115. The summed E-state index contributed by atoms with van der Waals surface area (Å²) in [4.78, 5) is 13.3. The standard InChI is InChI=1S/C18H19NOS/c1-21-17-8-3-2-7-16(17)19-18(20)12-13-9-10-14-5-4-6-15(14)11-13/h2-3,7-11H,4-6,12H2,1H3,(H,19,20). The van der Waals surface area contributed by atoms with Crippen LogP contribution in [0.15, 0.2) is 47.4 Å². The fourth-order valence-corrected chi connectivity index (χ4v) is 3.42. The van der Waals surface area contributed by atoms with Crippen molar-refractivity contribution in [2.24, 2.45) is 0 Å². The van der Waals surface area contributed by atoms with Crippen molar-refractivity contribution in [3.63, 3.8) is 0 Å². The van der Waals surface area contributed by atoms with Crippen molar-refractivity contribution in [1.82, 2.24) is 0 Å². The van der Waals surface area contributed by atoms with E-state index in [1.807, 2.05) is 30.5 Å². The first-order chi connectivity index (χ1) is 10.3. The first-order valence-corrected chi connectivity index (χ1v) is 8.52. The minimum absolute atomic E-state index is 0.0504. The molecule has 1 N–H and O–H groups in total. The summed E-state index contributed by atoms with van der Waals surface area (Å²) in [6.07, 6.45) is 6.04. The first-order valence-electron chi connectivity index (χ1n) is 7.30. The summed E-state index contributed by atoms with van der Waals surface area (Å²) >= 11 is 1.65. The summed E-state index contributed by atoms with van der Waals surface area (Å²) in [6, 6.07) is 14.4. The van der Waals surface area contributed by atoms with E-state index in [0.29, 0.717) is 6.42 Å². The Bertz CT molecular complexity index is 666. The van der Waals surface area contributed by atoms with Crippen LogP contribution in [0.25, 0.3) is 0 Å². The molecule has 0 radical (unpaired) electrons. The van der Waals surface area contributed by atoms with Gasteiger partial charge in [-0.15, -0.1) is 11.8 Å². The predicted molar refractivity (Wildman–Crippen MR) is 89.0 cm³/mol. The van der Waals surface area contributed by atoms with Crippen molar-refractivity contribution in [2.45, 2.75) is 30.6 Å². The molecule has 0 fully saturated rings. The number of rotatable bonds is 4. The SMILES string of the molecule is CSc1ccccc1NC(=O)Cc1ccc2c(c1)CCC2. The van der Waals surface area contributed by atoms with Crippen LogP contribution in [-0.4, -0.2) is 12.2 Å². The highest BCUT2D eigenvalue weighted by Gasteiger charge is 2.12. The van der Waals surface area contributed by atoms with Crippen LogP contribution in [0.2, 0.25) is 0 Å². The van der Waals surface area contributed by atoms with Crippen molar-refractivity contribution in [3.05, 3.63) is 59.2 Å². The Balaban J connectivity index is 1.69. The van der Waals surface area contributed by atoms with E-state index in [2.05, 4.69) is 23.5 Å². The van der Waals surface area contributed by atoms with Gasteiger partial charge in [-0.1, -0.05) is 30.3 Å². The lowest BCUT2D eigenvalue weighted by Crippen LogP contribution is -2.15. The highest BCUT2D eigenvalue weighted by molar-refractivity contribution is 7.98. The molecule has 2 aromatic carbocycles. The number of fused-ring (bicyclic) bond motifs is 1. The molecule has 0 aromatic heterocycles. The second-order valence-electron chi connectivity index (χ2n) is 5.38. The number of amides is 1. The molecule has 2 aromatic rings. The summed E-state index contributed by atoms with van der Waals surface area (Å²) in [5.74, 6) is 0.0504. The van der Waals surface area contributed by atoms with Gasteiger partial charge in [-0.3, -0.25) is 4.79 Å². The normalized spacial score (nSPS) is 13.0. The first kappa shape index (κ1) is 14.2. The molecule has 0 spiro atoms. The Morgan fingerprint density at radius 1 is 1.14 bits per heavy atom. The van der Waals surface area contributed by atoms with Crippen LogP contribution in [0.3, 0.4) is 0 Å². The molecule has 21 heavy (non-hydrogen) atoms. The minimum Gasteiger partial charge on any atom is -0.325 e. The maximum atomic E-state index is 12.2. The molecule has 0 unspecified atom stereocenters. The van der Waals surface area contributed by atoms with E-state index in [4.69, 9.17) is 0 Å². The Kier molecular flexibility index (Phi) is 4.30. The third-order valence-electron chi connectivity index (χ3n) is 3.91. The van der Waals surface area contributed by atoms with Gasteiger partial charge in [-0.25, -0.2) is 0 Å². The summed E-state index contributed by atoms with van der Waals surface area (Å²) < 4.78 is 0. The summed E-state index contributed by atoms with van der Waals surface area (Å²) in [6.45, 7) is 0. The lowest BCUT2D eigenvalue weighted by atomic mass is 10.0. The number of carbonyl (C=O) groups is 1. The van der Waals surface area contributed by atoms with E-state index in [1.54, 1.807) is 11.8 Å². The van der Waals surface area contributed by atoms with Gasteiger partial charge >= 0.3 is 0 Å². The van der Waals surface area contributed by atoms with Gasteiger partial charge in [0.05, 0.1) is 12.1 Å². The molecule has 0 aliphatic heterocycles. The third kappa shape index (κ3) is 3.30. The molecule has 1 aliphatic rings. The molecule has 1 amide bonds. The van der Waals surface area contributed by atoms with Gasteiger partial charge in [0.2, 0.25) is 5.91 Å². The van der Waals surface area contributed by atoms with Crippen LogP contribution < -0.4 is 5.32 Å². The lowest BCUT2D eigenvalue weighted by Gasteiger charge is -2.10. The highest BCUT2D eigenvalue weighted by Crippen LogP contribution is 2.25. The molecule has 0 atom stereocenters. The van der Waals surface area contributed by atoms with Gasteiger partial charge in [-0.2, -0.15) is 0 Å². The van der Waals surface area contributed by atoms with Crippen molar-refractivity contribution in [2.75, 3.05) is 11.6 Å². The molecule has 0 saturated carbocycles. The van der Waals surface area contributed by atoms with Gasteiger partial charge in [-0.05, 0) is 54.3 Å². The Labute approximate surface area is 130 Å². The monoisotopic (exact) mass is 297 g/mol. The maximum absolute atomic E-state index is 12.2. The molecular weight excluding hydrogens is 278 g/mol. The number of anilines is 1. The van der Waals surface area contributed by atoms with Crippen molar-refractivity contribution >= 4 is 23.4 Å². The fraction of sp³-hybridized carbons (Fsp3) is 0.278. The Morgan fingerprint density at radius 2 is 1.95 bits per heavy atom. The van der Waals surface area contributed by atoms with Crippen LogP contribution in [0.4, 0.5) is 5.69 Å². The Hall–Kier alpha value is -1.74. The Morgan fingerprint density at radius 3 is 2.81 bits per heavy atom. The molecule has 2 nitrogen and oxygen atoms in total.